The van der Waals surface area contributed by atoms with Crippen LogP contribution in [0.5, 0.6) is 0 Å². The first kappa shape index (κ1) is 31.5. The summed E-state index contributed by atoms with van der Waals surface area (Å²) in [5, 5.41) is 5.79. The van der Waals surface area contributed by atoms with Crippen molar-refractivity contribution in [2.45, 2.75) is 84.2 Å². The highest BCUT2D eigenvalue weighted by atomic mass is 16.5. The lowest BCUT2D eigenvalue weighted by atomic mass is 9.90. The van der Waals surface area contributed by atoms with Crippen molar-refractivity contribution in [1.82, 2.24) is 14.3 Å². The lowest BCUT2D eigenvalue weighted by molar-refractivity contribution is 0.0594. The molecule has 0 bridgehead atoms. The molecule has 0 amide bonds. The smallest absolute Gasteiger partial charge is 0.437 e. The van der Waals surface area contributed by atoms with Gasteiger partial charge in [0.05, 0.1) is 31.5 Å². The van der Waals surface area contributed by atoms with Crippen molar-refractivity contribution in [3.05, 3.63) is 88.4 Å². The zero-order valence-corrected chi connectivity index (χ0v) is 26.3. The second-order valence-corrected chi connectivity index (χ2v) is 12.0. The molecule has 1 unspecified atom stereocenters. The van der Waals surface area contributed by atoms with Crippen molar-refractivity contribution >= 4 is 28.0 Å². The minimum absolute atomic E-state index is 0.270. The van der Waals surface area contributed by atoms with Crippen molar-refractivity contribution in [1.29, 1.82) is 0 Å². The van der Waals surface area contributed by atoms with Gasteiger partial charge in [-0.05, 0) is 67.2 Å². The van der Waals surface area contributed by atoms with Crippen LogP contribution in [0.4, 0.5) is 0 Å². The van der Waals surface area contributed by atoms with Gasteiger partial charge in [-0.1, -0.05) is 76.1 Å². The van der Waals surface area contributed by atoms with E-state index >= 15 is 0 Å². The molecule has 8 nitrogen and oxygen atoms in total. The summed E-state index contributed by atoms with van der Waals surface area (Å²) < 4.78 is 20.1. The van der Waals surface area contributed by atoms with Gasteiger partial charge in [0.2, 0.25) is 5.89 Å². The fourth-order valence-corrected chi connectivity index (χ4v) is 6.36. The number of hydrogen-bond acceptors (Lipinski definition) is 6. The van der Waals surface area contributed by atoms with Crippen LogP contribution in [0.3, 0.4) is 0 Å². The third-order valence-electron chi connectivity index (χ3n) is 8.80. The first-order chi connectivity index (χ1) is 21.4. The third-order valence-corrected chi connectivity index (χ3v) is 8.80. The molecular formula is C36H45N3O5. The summed E-state index contributed by atoms with van der Waals surface area (Å²) >= 11 is 0. The molecule has 8 heteroatoms. The number of aromatic nitrogens is 3. The predicted molar refractivity (Wildman–Crippen MR) is 175 cm³/mol. The van der Waals surface area contributed by atoms with Crippen LogP contribution in [0.15, 0.2) is 64.4 Å². The van der Waals surface area contributed by atoms with Gasteiger partial charge in [0, 0.05) is 29.7 Å². The number of allylic oxidation sites excluding steroid dienone is 7. The molecule has 5 rings (SSSR count). The second kappa shape index (κ2) is 14.7. The van der Waals surface area contributed by atoms with Crippen LogP contribution in [-0.2, 0) is 22.6 Å². The lowest BCUT2D eigenvalue weighted by Gasteiger charge is -2.20. The Morgan fingerprint density at radius 3 is 2.73 bits per heavy atom. The van der Waals surface area contributed by atoms with Crippen molar-refractivity contribution in [2.75, 3.05) is 20.3 Å². The van der Waals surface area contributed by atoms with Gasteiger partial charge in [0.15, 0.2) is 0 Å². The average molecular weight is 600 g/mol. The molecular weight excluding hydrogens is 554 g/mol. The Bertz CT molecular complexity index is 1630. The van der Waals surface area contributed by atoms with Crippen LogP contribution in [-0.4, -0.2) is 40.6 Å². The summed E-state index contributed by atoms with van der Waals surface area (Å²) in [5.41, 5.74) is 5.36. The summed E-state index contributed by atoms with van der Waals surface area (Å²) in [7, 11) is 1.40. The summed E-state index contributed by atoms with van der Waals surface area (Å²) in [5.74, 6) is 0.0912. The van der Waals surface area contributed by atoms with E-state index in [1.807, 2.05) is 18.2 Å². The Balaban J connectivity index is 1.65. The van der Waals surface area contributed by atoms with E-state index in [0.29, 0.717) is 50.1 Å². The van der Waals surface area contributed by atoms with Gasteiger partial charge in [0.25, 0.3) is 0 Å². The molecule has 3 aromatic rings. The predicted octanol–water partition coefficient (Wildman–Crippen LogP) is 7.69. The van der Waals surface area contributed by atoms with E-state index in [1.54, 1.807) is 0 Å². The summed E-state index contributed by atoms with van der Waals surface area (Å²) in [6, 6.07) is 5.79. The van der Waals surface area contributed by atoms with E-state index in [9.17, 15) is 9.59 Å². The van der Waals surface area contributed by atoms with Gasteiger partial charge < -0.3 is 18.5 Å². The number of carbonyl (C=O) groups excluding carboxylic acids is 1. The van der Waals surface area contributed by atoms with Crippen molar-refractivity contribution < 1.29 is 18.7 Å². The van der Waals surface area contributed by atoms with Gasteiger partial charge in [-0.2, -0.15) is 4.68 Å². The molecule has 1 saturated heterocycles. The molecule has 1 fully saturated rings. The van der Waals surface area contributed by atoms with Gasteiger partial charge in [0.1, 0.15) is 0 Å². The highest BCUT2D eigenvalue weighted by molar-refractivity contribution is 5.98. The Kier molecular flexibility index (Phi) is 10.5. The SMILES string of the molecule is C=C1/C=C\C/C=C\C/C=C(/c2nn(CC3CCOCC3)c(=O)o2)Cn2c1c(C(C)CCCCC)c1ccc(C(=O)OC)cc12. The van der Waals surface area contributed by atoms with Gasteiger partial charge >= 0.3 is 11.7 Å². The number of rotatable bonds is 9. The molecule has 1 aromatic carbocycles. The number of methoxy groups -OCH3 is 1. The largest absolute Gasteiger partial charge is 0.465 e. The molecule has 2 aliphatic rings. The first-order valence-corrected chi connectivity index (χ1v) is 16.0. The number of carbonyl (C=O) groups is 1. The Morgan fingerprint density at radius 1 is 1.16 bits per heavy atom. The number of nitrogens with zero attached hydrogens (tertiary/aromatic N) is 3. The van der Waals surface area contributed by atoms with Crippen LogP contribution in [0, 0.1) is 5.92 Å². The minimum Gasteiger partial charge on any atom is -0.465 e. The maximum absolute atomic E-state index is 13.0. The Morgan fingerprint density at radius 2 is 1.95 bits per heavy atom. The van der Waals surface area contributed by atoms with E-state index < -0.39 is 5.76 Å². The number of hydrogen-bond donors (Lipinski definition) is 0. The fourth-order valence-electron chi connectivity index (χ4n) is 6.36. The average Bonchev–Trinajstić information content (AvgIpc) is 3.55. The van der Waals surface area contributed by atoms with Crippen molar-refractivity contribution in [2.24, 2.45) is 5.92 Å². The molecule has 2 aliphatic heterocycles. The summed E-state index contributed by atoms with van der Waals surface area (Å²) in [6.45, 7) is 11.4. The normalized spacial score (nSPS) is 19.8. The van der Waals surface area contributed by atoms with Crippen LogP contribution in [0.2, 0.25) is 0 Å². The molecule has 2 aromatic heterocycles. The van der Waals surface area contributed by atoms with Crippen molar-refractivity contribution in [3.63, 3.8) is 0 Å². The molecule has 234 valence electrons. The molecule has 0 saturated carbocycles. The minimum atomic E-state index is -0.447. The van der Waals surface area contributed by atoms with Gasteiger partial charge in [-0.3, -0.25) is 0 Å². The molecule has 44 heavy (non-hydrogen) atoms. The monoisotopic (exact) mass is 599 g/mol. The molecule has 1 atom stereocenters. The lowest BCUT2D eigenvalue weighted by Crippen LogP contribution is -2.25. The zero-order chi connectivity index (χ0) is 31.1. The van der Waals surface area contributed by atoms with Crippen LogP contribution in [0.1, 0.15) is 98.6 Å². The molecule has 0 N–H and O–H groups in total. The zero-order valence-electron chi connectivity index (χ0n) is 26.3. The highest BCUT2D eigenvalue weighted by Gasteiger charge is 2.26. The topological polar surface area (TPSA) is 88.5 Å². The van der Waals surface area contributed by atoms with E-state index in [0.717, 1.165) is 66.3 Å². The van der Waals surface area contributed by atoms with Gasteiger partial charge in [-0.15, -0.1) is 5.10 Å². The summed E-state index contributed by atoms with van der Waals surface area (Å²) in [4.78, 5) is 25.6. The second-order valence-electron chi connectivity index (χ2n) is 12.0. The van der Waals surface area contributed by atoms with Crippen molar-refractivity contribution in [3.8, 4) is 0 Å². The number of unbranched alkanes of at least 4 members (excludes halogenated alkanes) is 2. The van der Waals surface area contributed by atoms with E-state index in [-0.39, 0.29) is 11.9 Å². The first-order valence-electron chi connectivity index (χ1n) is 16.0. The molecule has 0 aliphatic carbocycles. The molecule has 0 radical (unpaired) electrons. The van der Waals surface area contributed by atoms with Gasteiger partial charge in [-0.25, -0.2) is 9.59 Å². The third kappa shape index (κ3) is 7.07. The van der Waals surface area contributed by atoms with E-state index in [2.05, 4.69) is 55.4 Å². The molecule has 4 heterocycles. The molecule has 0 spiro atoms. The quantitative estimate of drug-likeness (QED) is 0.142. The number of fused-ring (bicyclic) bond motifs is 3. The number of ether oxygens (including phenoxy) is 2. The Hall–Kier alpha value is -3.91. The standard InChI is InChI=1S/C36H45N3O5/c1-5-6-10-13-25(2)32-30-17-16-28(35(40)42-4)22-31(30)38-24-29(15-12-9-7-8-11-14-26(3)33(32)38)34-37-39(36(41)44-34)23-27-18-20-43-21-19-27/h7,9,11,14-17,22,25,27H,3,5-6,8,10,12-13,18-21,23-24H2,1-2,4H3/b9-7-,14-11-,29-15+. The van der Waals surface area contributed by atoms with E-state index in [4.69, 9.17) is 19.0 Å². The van der Waals surface area contributed by atoms with E-state index in [1.165, 1.54) is 23.8 Å². The Labute approximate surface area is 259 Å². The van der Waals surface area contributed by atoms with Crippen LogP contribution >= 0.6 is 0 Å². The highest BCUT2D eigenvalue weighted by Crippen LogP contribution is 2.40. The number of esters is 1. The summed E-state index contributed by atoms with van der Waals surface area (Å²) in [6.07, 6.45) is 18.3. The van der Waals surface area contributed by atoms with Crippen LogP contribution in [0.25, 0.3) is 22.0 Å². The number of benzene rings is 1. The fraction of sp³-hybridized carbons (Fsp3) is 0.472. The maximum atomic E-state index is 13.0. The maximum Gasteiger partial charge on any atom is 0.437 e. The van der Waals surface area contributed by atoms with Crippen LogP contribution < -0.4 is 5.76 Å².